The van der Waals surface area contributed by atoms with Crippen molar-refractivity contribution in [3.8, 4) is 0 Å². The molecule has 28 heavy (non-hydrogen) atoms. The van der Waals surface area contributed by atoms with Crippen molar-refractivity contribution in [2.75, 3.05) is 33.3 Å². The molecule has 0 aliphatic carbocycles. The lowest BCUT2D eigenvalue weighted by Crippen LogP contribution is -2.53. The Labute approximate surface area is 167 Å². The van der Waals surface area contributed by atoms with Crippen LogP contribution >= 0.6 is 0 Å². The van der Waals surface area contributed by atoms with E-state index < -0.39 is 11.0 Å². The summed E-state index contributed by atoms with van der Waals surface area (Å²) >= 11 is 0. The summed E-state index contributed by atoms with van der Waals surface area (Å²) in [5.74, 6) is 0.188. The molecule has 2 unspecified atom stereocenters. The number of carbonyl (C=O) groups is 2. The van der Waals surface area contributed by atoms with Gasteiger partial charge in [0, 0.05) is 32.6 Å². The van der Waals surface area contributed by atoms with Crippen LogP contribution in [0.15, 0.2) is 30.3 Å². The molecule has 1 aromatic rings. The van der Waals surface area contributed by atoms with Gasteiger partial charge >= 0.3 is 6.09 Å². The van der Waals surface area contributed by atoms with E-state index in [0.717, 1.165) is 18.4 Å². The second kappa shape index (κ2) is 8.11. The van der Waals surface area contributed by atoms with Gasteiger partial charge in [0.05, 0.1) is 18.6 Å². The molecule has 1 aromatic carbocycles. The number of benzene rings is 1. The first-order valence-electron chi connectivity index (χ1n) is 10.1. The van der Waals surface area contributed by atoms with Crippen LogP contribution in [0.4, 0.5) is 4.79 Å². The molecule has 0 saturated carbocycles. The van der Waals surface area contributed by atoms with E-state index in [9.17, 15) is 9.59 Å². The maximum absolute atomic E-state index is 13.1. The van der Waals surface area contributed by atoms with Crippen molar-refractivity contribution >= 4 is 12.0 Å². The van der Waals surface area contributed by atoms with Crippen LogP contribution in [0.3, 0.4) is 0 Å². The highest BCUT2D eigenvalue weighted by atomic mass is 16.6. The Morgan fingerprint density at radius 3 is 2.64 bits per heavy atom. The van der Waals surface area contributed by atoms with E-state index in [-0.39, 0.29) is 17.9 Å². The average Bonchev–Trinajstić information content (AvgIpc) is 2.86. The zero-order valence-corrected chi connectivity index (χ0v) is 17.4. The van der Waals surface area contributed by atoms with Gasteiger partial charge < -0.3 is 19.3 Å². The third kappa shape index (κ3) is 4.49. The minimum Gasteiger partial charge on any atom is -0.444 e. The number of nitrogens with zero attached hydrogens (tertiary/aromatic N) is 2. The van der Waals surface area contributed by atoms with E-state index in [1.807, 2.05) is 58.2 Å². The first-order valence-corrected chi connectivity index (χ1v) is 10.1. The van der Waals surface area contributed by atoms with Crippen LogP contribution in [0.5, 0.6) is 0 Å². The topological polar surface area (TPSA) is 59.1 Å². The summed E-state index contributed by atoms with van der Waals surface area (Å²) in [4.78, 5) is 29.2. The molecule has 2 fully saturated rings. The summed E-state index contributed by atoms with van der Waals surface area (Å²) in [5, 5.41) is 0. The maximum atomic E-state index is 13.1. The Balaban J connectivity index is 1.68. The summed E-state index contributed by atoms with van der Waals surface area (Å²) in [6, 6.07) is 10.0. The second-order valence-electron chi connectivity index (χ2n) is 9.04. The lowest BCUT2D eigenvalue weighted by atomic mass is 9.72. The summed E-state index contributed by atoms with van der Waals surface area (Å²) in [7, 11) is 1.84. The first kappa shape index (κ1) is 20.6. The van der Waals surface area contributed by atoms with Crippen LogP contribution in [-0.2, 0) is 20.9 Å². The molecule has 6 nitrogen and oxygen atoms in total. The van der Waals surface area contributed by atoms with E-state index >= 15 is 0 Å². The number of amides is 2. The SMILES string of the molecule is CN1CC(COCc2ccccc2)C2(CCCN(C(=O)OC(C)(C)C)C2)C1=O. The normalized spacial score (nSPS) is 25.4. The summed E-state index contributed by atoms with van der Waals surface area (Å²) < 4.78 is 11.5. The Morgan fingerprint density at radius 1 is 1.25 bits per heavy atom. The molecule has 2 aliphatic heterocycles. The fourth-order valence-electron chi connectivity index (χ4n) is 4.32. The maximum Gasteiger partial charge on any atom is 0.410 e. The molecule has 0 N–H and O–H groups in total. The molecule has 2 heterocycles. The van der Waals surface area contributed by atoms with Gasteiger partial charge in [-0.3, -0.25) is 4.79 Å². The van der Waals surface area contributed by atoms with Gasteiger partial charge in [0.15, 0.2) is 0 Å². The molecule has 2 aliphatic rings. The van der Waals surface area contributed by atoms with Gasteiger partial charge in [0.1, 0.15) is 5.60 Å². The van der Waals surface area contributed by atoms with Gasteiger partial charge in [-0.05, 0) is 39.2 Å². The number of hydrogen-bond acceptors (Lipinski definition) is 4. The van der Waals surface area contributed by atoms with Crippen LogP contribution in [0.2, 0.25) is 0 Å². The van der Waals surface area contributed by atoms with Crippen LogP contribution in [0.1, 0.15) is 39.2 Å². The Morgan fingerprint density at radius 2 is 1.96 bits per heavy atom. The van der Waals surface area contributed by atoms with Gasteiger partial charge in [-0.1, -0.05) is 30.3 Å². The molecule has 154 valence electrons. The van der Waals surface area contributed by atoms with Crippen molar-refractivity contribution in [1.29, 1.82) is 0 Å². The lowest BCUT2D eigenvalue weighted by molar-refractivity contribution is -0.139. The number of ether oxygens (including phenoxy) is 2. The number of carbonyl (C=O) groups excluding carboxylic acids is 2. The number of likely N-dealkylation sites (tertiary alicyclic amines) is 2. The minimum absolute atomic E-state index is 0.0685. The molecule has 2 amide bonds. The highest BCUT2D eigenvalue weighted by Gasteiger charge is 2.55. The zero-order valence-electron chi connectivity index (χ0n) is 17.4. The molecule has 0 aromatic heterocycles. The van der Waals surface area contributed by atoms with Crippen molar-refractivity contribution in [2.24, 2.45) is 11.3 Å². The first-order chi connectivity index (χ1) is 13.2. The van der Waals surface area contributed by atoms with E-state index in [1.54, 1.807) is 9.80 Å². The summed E-state index contributed by atoms with van der Waals surface area (Å²) in [6.45, 7) is 8.32. The molecule has 3 rings (SSSR count). The number of rotatable bonds is 4. The largest absolute Gasteiger partial charge is 0.444 e. The van der Waals surface area contributed by atoms with E-state index in [2.05, 4.69) is 0 Å². The predicted octanol–water partition coefficient (Wildman–Crippen LogP) is 3.31. The molecule has 2 atom stereocenters. The van der Waals surface area contributed by atoms with E-state index in [4.69, 9.17) is 9.47 Å². The van der Waals surface area contributed by atoms with Gasteiger partial charge in [-0.15, -0.1) is 0 Å². The van der Waals surface area contributed by atoms with Gasteiger partial charge in [-0.2, -0.15) is 0 Å². The quantitative estimate of drug-likeness (QED) is 0.794. The van der Waals surface area contributed by atoms with Crippen LogP contribution in [0, 0.1) is 11.3 Å². The monoisotopic (exact) mass is 388 g/mol. The van der Waals surface area contributed by atoms with Gasteiger partial charge in [0.25, 0.3) is 0 Å². The smallest absolute Gasteiger partial charge is 0.410 e. The molecule has 6 heteroatoms. The number of piperidine rings is 1. The number of hydrogen-bond donors (Lipinski definition) is 0. The van der Waals surface area contributed by atoms with E-state index in [1.165, 1.54) is 0 Å². The standard InChI is InChI=1S/C22H32N2O4/c1-21(2,3)28-20(26)24-12-8-11-22(16-24)18(13-23(4)19(22)25)15-27-14-17-9-6-5-7-10-17/h5-7,9-10,18H,8,11-16H2,1-4H3. The zero-order chi connectivity index (χ0) is 20.4. The predicted molar refractivity (Wildman–Crippen MR) is 107 cm³/mol. The van der Waals surface area contributed by atoms with Gasteiger partial charge in [0.2, 0.25) is 5.91 Å². The Bertz CT molecular complexity index is 700. The third-order valence-corrected chi connectivity index (χ3v) is 5.65. The second-order valence-corrected chi connectivity index (χ2v) is 9.04. The van der Waals surface area contributed by atoms with Crippen LogP contribution in [0.25, 0.3) is 0 Å². The van der Waals surface area contributed by atoms with Gasteiger partial charge in [-0.25, -0.2) is 4.79 Å². The van der Waals surface area contributed by atoms with Crippen LogP contribution < -0.4 is 0 Å². The molecule has 0 radical (unpaired) electrons. The molecular weight excluding hydrogens is 356 g/mol. The fourth-order valence-corrected chi connectivity index (χ4v) is 4.32. The molecule has 2 saturated heterocycles. The van der Waals surface area contributed by atoms with Crippen molar-refractivity contribution in [3.05, 3.63) is 35.9 Å². The Hall–Kier alpha value is -2.08. The average molecular weight is 389 g/mol. The molecule has 1 spiro atoms. The molecule has 0 bridgehead atoms. The van der Waals surface area contributed by atoms with Crippen molar-refractivity contribution in [3.63, 3.8) is 0 Å². The Kier molecular flexibility index (Phi) is 5.98. The van der Waals surface area contributed by atoms with E-state index in [0.29, 0.717) is 32.8 Å². The molecular formula is C22H32N2O4. The van der Waals surface area contributed by atoms with Crippen molar-refractivity contribution in [1.82, 2.24) is 9.80 Å². The highest BCUT2D eigenvalue weighted by molar-refractivity contribution is 5.86. The fraction of sp³-hybridized carbons (Fsp3) is 0.636. The summed E-state index contributed by atoms with van der Waals surface area (Å²) in [6.07, 6.45) is 1.25. The van der Waals surface area contributed by atoms with Crippen molar-refractivity contribution in [2.45, 2.75) is 45.8 Å². The third-order valence-electron chi connectivity index (χ3n) is 5.65. The van der Waals surface area contributed by atoms with Crippen LogP contribution in [-0.4, -0.2) is 60.7 Å². The highest BCUT2D eigenvalue weighted by Crippen LogP contribution is 2.44. The minimum atomic E-state index is -0.569. The van der Waals surface area contributed by atoms with Crippen molar-refractivity contribution < 1.29 is 19.1 Å². The summed E-state index contributed by atoms with van der Waals surface area (Å²) in [5.41, 5.74) is 0.00463. The lowest BCUT2D eigenvalue weighted by Gasteiger charge is -2.42.